The van der Waals surface area contributed by atoms with Crippen molar-refractivity contribution in [1.82, 2.24) is 10.2 Å². The molecule has 0 aliphatic carbocycles. The van der Waals surface area contributed by atoms with Gasteiger partial charge >= 0.3 is 0 Å². The number of hydrogen-bond donors (Lipinski definition) is 1. The van der Waals surface area contributed by atoms with E-state index in [1.807, 2.05) is 39.8 Å². The lowest BCUT2D eigenvalue weighted by Crippen LogP contribution is -2.50. The number of anilines is 1. The molecule has 1 N–H and O–H groups in total. The monoisotopic (exact) mass is 569 g/mol. The number of rotatable bonds is 13. The fraction of sp³-hybridized carbons (Fsp3) is 0.481. The van der Waals surface area contributed by atoms with E-state index in [0.717, 1.165) is 18.2 Å². The molecule has 0 aromatic heterocycles. The quantitative estimate of drug-likeness (QED) is 0.348. The average molecular weight is 571 g/mol. The molecule has 0 aliphatic rings. The molecular weight excluding hydrogens is 533 g/mol. The molecule has 7 nitrogen and oxygen atoms in total. The molecule has 0 unspecified atom stereocenters. The molecule has 37 heavy (non-hydrogen) atoms. The molecule has 2 aromatic rings. The zero-order chi connectivity index (χ0) is 27.8. The lowest BCUT2D eigenvalue weighted by Gasteiger charge is -2.32. The minimum atomic E-state index is -3.55. The third-order valence-electron chi connectivity index (χ3n) is 5.99. The van der Waals surface area contributed by atoms with Gasteiger partial charge < -0.3 is 10.2 Å². The van der Waals surface area contributed by atoms with Crippen molar-refractivity contribution in [3.63, 3.8) is 0 Å². The van der Waals surface area contributed by atoms with E-state index in [9.17, 15) is 18.0 Å². The van der Waals surface area contributed by atoms with Crippen LogP contribution in [0.5, 0.6) is 0 Å². The maximum atomic E-state index is 13.5. The van der Waals surface area contributed by atoms with Crippen LogP contribution in [0.3, 0.4) is 0 Å². The van der Waals surface area contributed by atoms with E-state index in [2.05, 4.69) is 5.32 Å². The van der Waals surface area contributed by atoms with Crippen molar-refractivity contribution in [2.45, 2.75) is 72.0 Å². The Hall–Kier alpha value is -2.29. The summed E-state index contributed by atoms with van der Waals surface area (Å²) in [5.74, 6) is -0.542. The molecule has 1 atom stereocenters. The van der Waals surface area contributed by atoms with Crippen LogP contribution in [0.2, 0.25) is 10.0 Å². The van der Waals surface area contributed by atoms with Gasteiger partial charge in [-0.3, -0.25) is 13.9 Å². The van der Waals surface area contributed by atoms with Crippen molar-refractivity contribution < 1.29 is 18.0 Å². The lowest BCUT2D eigenvalue weighted by molar-refractivity contribution is -0.141. The first kappa shape index (κ1) is 30.9. The fourth-order valence-electron chi connectivity index (χ4n) is 4.06. The predicted octanol–water partition coefficient (Wildman–Crippen LogP) is 5.43. The van der Waals surface area contributed by atoms with E-state index >= 15 is 0 Å². The first-order chi connectivity index (χ1) is 17.4. The smallest absolute Gasteiger partial charge is 0.243 e. The summed E-state index contributed by atoms with van der Waals surface area (Å²) in [5, 5.41) is 3.69. The number of sulfonamides is 1. The Labute approximate surface area is 231 Å². The second-order valence-corrected chi connectivity index (χ2v) is 12.0. The second kappa shape index (κ2) is 14.0. The number of carbonyl (C=O) groups excluding carboxylic acids is 2. The molecular formula is C27H37Cl2N3O4S. The van der Waals surface area contributed by atoms with Crippen LogP contribution in [0.4, 0.5) is 5.69 Å². The van der Waals surface area contributed by atoms with Gasteiger partial charge in [0.15, 0.2) is 0 Å². The minimum absolute atomic E-state index is 0.0482. The third kappa shape index (κ3) is 8.90. The normalized spacial score (nSPS) is 12.3. The highest BCUT2D eigenvalue weighted by Crippen LogP contribution is 2.27. The molecule has 2 amide bonds. The van der Waals surface area contributed by atoms with E-state index in [-0.39, 0.29) is 43.8 Å². The molecule has 0 radical (unpaired) electrons. The Balaban J connectivity index is 2.26. The first-order valence-electron chi connectivity index (χ1n) is 12.5. The van der Waals surface area contributed by atoms with E-state index in [0.29, 0.717) is 27.7 Å². The van der Waals surface area contributed by atoms with Crippen LogP contribution in [0.15, 0.2) is 42.5 Å². The standard InChI is InChI=1S/C27H37Cl2N3O4S/c1-6-20-13-15-21(16-14-20)32(37(5,35)36)17-9-12-26(33)31(25(7-2)27(34)30-19(3)4)18-22-23(28)10-8-11-24(22)29/h8,10-11,13-16,19,25H,6-7,9,12,17-18H2,1-5H3,(H,30,34)/t25-/m1/s1. The van der Waals surface area contributed by atoms with E-state index in [1.165, 1.54) is 9.21 Å². The highest BCUT2D eigenvalue weighted by atomic mass is 35.5. The number of hydrogen-bond acceptors (Lipinski definition) is 4. The molecule has 2 rings (SSSR count). The lowest BCUT2D eigenvalue weighted by atomic mass is 10.1. The van der Waals surface area contributed by atoms with Gasteiger partial charge in [-0.25, -0.2) is 8.42 Å². The van der Waals surface area contributed by atoms with Crippen molar-refractivity contribution in [3.05, 3.63) is 63.6 Å². The number of carbonyl (C=O) groups is 2. The summed E-state index contributed by atoms with van der Waals surface area (Å²) >= 11 is 12.8. The van der Waals surface area contributed by atoms with Gasteiger partial charge in [0.25, 0.3) is 0 Å². The minimum Gasteiger partial charge on any atom is -0.352 e. The number of aryl methyl sites for hydroxylation is 1. The van der Waals surface area contributed by atoms with Crippen LogP contribution in [0, 0.1) is 0 Å². The van der Waals surface area contributed by atoms with Gasteiger partial charge in [0, 0.05) is 41.2 Å². The van der Waals surface area contributed by atoms with E-state index < -0.39 is 16.1 Å². The zero-order valence-electron chi connectivity index (χ0n) is 22.1. The summed E-state index contributed by atoms with van der Waals surface area (Å²) in [6.07, 6.45) is 2.72. The highest BCUT2D eigenvalue weighted by molar-refractivity contribution is 7.92. The zero-order valence-corrected chi connectivity index (χ0v) is 24.5. The molecule has 204 valence electrons. The maximum absolute atomic E-state index is 13.5. The summed E-state index contributed by atoms with van der Waals surface area (Å²) in [6, 6.07) is 11.6. The predicted molar refractivity (Wildman–Crippen MR) is 152 cm³/mol. The number of benzene rings is 2. The Morgan fingerprint density at radius 1 is 1.00 bits per heavy atom. The molecule has 0 bridgehead atoms. The van der Waals surface area contributed by atoms with Crippen LogP contribution in [0.1, 0.15) is 58.1 Å². The number of amides is 2. The summed E-state index contributed by atoms with van der Waals surface area (Å²) in [5.41, 5.74) is 2.21. The van der Waals surface area contributed by atoms with Gasteiger partial charge in [-0.1, -0.05) is 55.2 Å². The summed E-state index contributed by atoms with van der Waals surface area (Å²) < 4.78 is 26.3. The summed E-state index contributed by atoms with van der Waals surface area (Å²) in [6.45, 7) is 7.77. The molecule has 0 saturated heterocycles. The van der Waals surface area contributed by atoms with Crippen LogP contribution < -0.4 is 9.62 Å². The maximum Gasteiger partial charge on any atom is 0.243 e. The average Bonchev–Trinajstić information content (AvgIpc) is 2.82. The Morgan fingerprint density at radius 2 is 1.59 bits per heavy atom. The molecule has 0 heterocycles. The van der Waals surface area contributed by atoms with Crippen molar-refractivity contribution in [3.8, 4) is 0 Å². The van der Waals surface area contributed by atoms with Crippen molar-refractivity contribution in [2.24, 2.45) is 0 Å². The Kier molecular flexibility index (Phi) is 11.7. The van der Waals surface area contributed by atoms with Gasteiger partial charge in [0.2, 0.25) is 21.8 Å². The number of nitrogens with one attached hydrogen (secondary N) is 1. The Morgan fingerprint density at radius 3 is 2.08 bits per heavy atom. The second-order valence-electron chi connectivity index (χ2n) is 9.27. The molecule has 0 fully saturated rings. The van der Waals surface area contributed by atoms with E-state index in [4.69, 9.17) is 23.2 Å². The molecule has 10 heteroatoms. The molecule has 0 spiro atoms. The third-order valence-corrected chi connectivity index (χ3v) is 7.89. The number of halogens is 2. The summed E-state index contributed by atoms with van der Waals surface area (Å²) in [4.78, 5) is 28.0. The van der Waals surface area contributed by atoms with Crippen molar-refractivity contribution >= 4 is 50.7 Å². The highest BCUT2D eigenvalue weighted by Gasteiger charge is 2.30. The Bertz CT molecular complexity index is 1150. The molecule has 2 aromatic carbocycles. The largest absolute Gasteiger partial charge is 0.352 e. The van der Waals surface area contributed by atoms with Crippen molar-refractivity contribution in [1.29, 1.82) is 0 Å². The first-order valence-corrected chi connectivity index (χ1v) is 15.1. The van der Waals surface area contributed by atoms with Gasteiger partial charge in [0.05, 0.1) is 11.9 Å². The topological polar surface area (TPSA) is 86.8 Å². The SMILES string of the molecule is CCc1ccc(N(CCCC(=O)N(Cc2c(Cl)cccc2Cl)[C@H](CC)C(=O)NC(C)C)S(C)(=O)=O)cc1. The number of nitrogens with zero attached hydrogens (tertiary/aromatic N) is 2. The summed E-state index contributed by atoms with van der Waals surface area (Å²) in [7, 11) is -3.55. The van der Waals surface area contributed by atoms with Gasteiger partial charge in [0.1, 0.15) is 6.04 Å². The molecule has 0 saturated carbocycles. The van der Waals surface area contributed by atoms with Gasteiger partial charge in [-0.05, 0) is 62.9 Å². The fourth-order valence-corrected chi connectivity index (χ4v) is 5.54. The van der Waals surface area contributed by atoms with Gasteiger partial charge in [-0.2, -0.15) is 0 Å². The van der Waals surface area contributed by atoms with Gasteiger partial charge in [-0.15, -0.1) is 0 Å². The molecule has 0 aliphatic heterocycles. The van der Waals surface area contributed by atoms with Crippen LogP contribution >= 0.6 is 23.2 Å². The van der Waals surface area contributed by atoms with Crippen LogP contribution in [-0.2, 0) is 32.6 Å². The van der Waals surface area contributed by atoms with Crippen molar-refractivity contribution in [2.75, 3.05) is 17.1 Å². The van der Waals surface area contributed by atoms with Crippen LogP contribution in [0.25, 0.3) is 0 Å². The van der Waals surface area contributed by atoms with Crippen LogP contribution in [-0.4, -0.2) is 50.0 Å². The van der Waals surface area contributed by atoms with E-state index in [1.54, 1.807) is 30.3 Å².